The van der Waals surface area contributed by atoms with Crippen LogP contribution in [0.25, 0.3) is 0 Å². The minimum atomic E-state index is -3.90. The second-order valence-electron chi connectivity index (χ2n) is 4.96. The number of rotatable bonds is 2. The van der Waals surface area contributed by atoms with Gasteiger partial charge in [0.15, 0.2) is 10.4 Å². The van der Waals surface area contributed by atoms with E-state index in [2.05, 4.69) is 29.8 Å². The molecule has 0 aliphatic carbocycles. The zero-order valence-corrected chi connectivity index (χ0v) is 13.0. The highest BCUT2D eigenvalue weighted by atomic mass is 79.9. The maximum Gasteiger partial charge on any atom is 0.289 e. The third kappa shape index (κ3) is 2.85. The summed E-state index contributed by atoms with van der Waals surface area (Å²) in [6, 6.07) is 1.16. The van der Waals surface area contributed by atoms with Gasteiger partial charge in [-0.1, -0.05) is 13.8 Å². The van der Waals surface area contributed by atoms with Crippen LogP contribution in [0.4, 0.5) is 0 Å². The first-order valence-electron chi connectivity index (χ1n) is 5.81. The van der Waals surface area contributed by atoms with Crippen molar-refractivity contribution in [1.82, 2.24) is 4.90 Å². The van der Waals surface area contributed by atoms with Crippen molar-refractivity contribution in [2.45, 2.75) is 18.7 Å². The average Bonchev–Trinajstić information content (AvgIpc) is 2.82. The van der Waals surface area contributed by atoms with E-state index >= 15 is 0 Å². The molecule has 1 aliphatic rings. The van der Waals surface area contributed by atoms with Gasteiger partial charge in [-0.3, -0.25) is 4.79 Å². The zero-order valence-electron chi connectivity index (χ0n) is 10.6. The van der Waals surface area contributed by atoms with Gasteiger partial charge in [-0.15, -0.1) is 0 Å². The summed E-state index contributed by atoms with van der Waals surface area (Å²) in [5.74, 6) is 0.504. The summed E-state index contributed by atoms with van der Waals surface area (Å²) in [5.41, 5.74) is 0. The molecule has 1 amide bonds. The molecule has 0 radical (unpaired) electrons. The number of hydrogen-bond acceptors (Lipinski definition) is 4. The van der Waals surface area contributed by atoms with Gasteiger partial charge in [0.1, 0.15) is 4.90 Å². The summed E-state index contributed by atoms with van der Waals surface area (Å²) in [6.45, 7) is 5.43. The Hall–Kier alpha value is -0.860. The van der Waals surface area contributed by atoms with Crippen LogP contribution in [0, 0.1) is 11.8 Å². The first kappa shape index (κ1) is 14.5. The largest absolute Gasteiger partial charge is 0.443 e. The lowest BCUT2D eigenvalue weighted by molar-refractivity contribution is 0.0752. The van der Waals surface area contributed by atoms with Crippen LogP contribution >= 0.6 is 15.9 Å². The standard InChI is InChI=1S/C11H15BrN2O4S/c1-6-4-14(5-7(6)2)11(15)8-3-9(10(12)18-8)19(13,16)17/h3,6-7H,4-5H2,1-2H3,(H2,13,16,17). The van der Waals surface area contributed by atoms with E-state index in [1.165, 1.54) is 0 Å². The minimum absolute atomic E-state index is 0.0165. The Labute approximate surface area is 120 Å². The van der Waals surface area contributed by atoms with E-state index in [9.17, 15) is 13.2 Å². The molecule has 0 saturated carbocycles. The number of carbonyl (C=O) groups excluding carboxylic acids is 1. The number of likely N-dealkylation sites (tertiary alicyclic amines) is 1. The Morgan fingerprint density at radius 1 is 1.42 bits per heavy atom. The van der Waals surface area contributed by atoms with E-state index in [1.807, 2.05) is 0 Å². The zero-order chi connectivity index (χ0) is 14.4. The van der Waals surface area contributed by atoms with E-state index < -0.39 is 10.0 Å². The molecule has 1 aromatic rings. The molecule has 2 atom stereocenters. The number of carbonyl (C=O) groups is 1. The molecular weight excluding hydrogens is 336 g/mol. The molecule has 1 saturated heterocycles. The van der Waals surface area contributed by atoms with Crippen LogP contribution < -0.4 is 5.14 Å². The Balaban J connectivity index is 2.27. The van der Waals surface area contributed by atoms with Crippen LogP contribution in [0.1, 0.15) is 24.4 Å². The fraction of sp³-hybridized carbons (Fsp3) is 0.545. The van der Waals surface area contributed by atoms with Gasteiger partial charge in [0.25, 0.3) is 5.91 Å². The van der Waals surface area contributed by atoms with Gasteiger partial charge in [-0.2, -0.15) is 0 Å². The number of amides is 1. The van der Waals surface area contributed by atoms with Crippen molar-refractivity contribution >= 4 is 31.9 Å². The summed E-state index contributed by atoms with van der Waals surface area (Å²) < 4.78 is 27.7. The van der Waals surface area contributed by atoms with E-state index in [-0.39, 0.29) is 21.2 Å². The van der Waals surface area contributed by atoms with Crippen LogP contribution in [0.5, 0.6) is 0 Å². The van der Waals surface area contributed by atoms with Crippen molar-refractivity contribution < 1.29 is 17.6 Å². The fourth-order valence-corrected chi connectivity index (χ4v) is 3.61. The molecule has 106 valence electrons. The summed E-state index contributed by atoms with van der Waals surface area (Å²) in [7, 11) is -3.90. The number of primary sulfonamides is 1. The summed E-state index contributed by atoms with van der Waals surface area (Å²) in [5, 5.41) is 5.03. The first-order valence-corrected chi connectivity index (χ1v) is 8.15. The molecule has 8 heteroatoms. The quantitative estimate of drug-likeness (QED) is 0.872. The van der Waals surface area contributed by atoms with Crippen LogP contribution in [-0.4, -0.2) is 32.3 Å². The summed E-state index contributed by atoms with van der Waals surface area (Å²) in [6.07, 6.45) is 0. The fourth-order valence-electron chi connectivity index (χ4n) is 2.10. The minimum Gasteiger partial charge on any atom is -0.443 e. The molecular formula is C11H15BrN2O4S. The number of hydrogen-bond donors (Lipinski definition) is 1. The molecule has 1 fully saturated rings. The van der Waals surface area contributed by atoms with E-state index in [4.69, 9.17) is 9.56 Å². The molecule has 0 spiro atoms. The molecule has 2 heterocycles. The number of halogens is 1. The summed E-state index contributed by atoms with van der Waals surface area (Å²) >= 11 is 2.96. The van der Waals surface area contributed by atoms with Gasteiger partial charge < -0.3 is 9.32 Å². The molecule has 19 heavy (non-hydrogen) atoms. The highest BCUT2D eigenvalue weighted by Crippen LogP contribution is 2.28. The lowest BCUT2D eigenvalue weighted by Gasteiger charge is -2.13. The second kappa shape index (κ2) is 4.92. The van der Waals surface area contributed by atoms with Crippen molar-refractivity contribution in [3.63, 3.8) is 0 Å². The Morgan fingerprint density at radius 3 is 2.37 bits per heavy atom. The van der Waals surface area contributed by atoms with Gasteiger partial charge in [0, 0.05) is 19.2 Å². The lowest BCUT2D eigenvalue weighted by Crippen LogP contribution is -2.28. The van der Waals surface area contributed by atoms with E-state index in [0.717, 1.165) is 6.07 Å². The first-order chi connectivity index (χ1) is 8.70. The average molecular weight is 351 g/mol. The van der Waals surface area contributed by atoms with E-state index in [0.29, 0.717) is 24.9 Å². The van der Waals surface area contributed by atoms with Crippen LogP contribution in [-0.2, 0) is 10.0 Å². The normalized spacial score (nSPS) is 23.9. The van der Waals surface area contributed by atoms with Crippen LogP contribution in [0.2, 0.25) is 0 Å². The molecule has 1 aromatic heterocycles. The van der Waals surface area contributed by atoms with Gasteiger partial charge in [-0.25, -0.2) is 13.6 Å². The van der Waals surface area contributed by atoms with Crippen molar-refractivity contribution in [3.05, 3.63) is 16.5 Å². The van der Waals surface area contributed by atoms with Crippen molar-refractivity contribution in [3.8, 4) is 0 Å². The third-order valence-electron chi connectivity index (χ3n) is 3.45. The molecule has 0 bridgehead atoms. The summed E-state index contributed by atoms with van der Waals surface area (Å²) in [4.78, 5) is 13.7. The highest BCUT2D eigenvalue weighted by molar-refractivity contribution is 9.10. The van der Waals surface area contributed by atoms with Gasteiger partial charge in [0.2, 0.25) is 10.0 Å². The molecule has 0 aromatic carbocycles. The predicted octanol–water partition coefficient (Wildman–Crippen LogP) is 1.42. The number of sulfonamides is 1. The number of nitrogens with two attached hydrogens (primary N) is 1. The Morgan fingerprint density at radius 2 is 1.95 bits per heavy atom. The molecule has 6 nitrogen and oxygen atoms in total. The van der Waals surface area contributed by atoms with Crippen LogP contribution in [0.15, 0.2) is 20.0 Å². The number of nitrogens with zero attached hydrogens (tertiary/aromatic N) is 1. The van der Waals surface area contributed by atoms with E-state index in [1.54, 1.807) is 4.90 Å². The highest BCUT2D eigenvalue weighted by Gasteiger charge is 2.32. The van der Waals surface area contributed by atoms with Crippen LogP contribution in [0.3, 0.4) is 0 Å². The van der Waals surface area contributed by atoms with Crippen molar-refractivity contribution in [2.24, 2.45) is 17.0 Å². The topological polar surface area (TPSA) is 93.6 Å². The monoisotopic (exact) mass is 350 g/mol. The van der Waals surface area contributed by atoms with Crippen molar-refractivity contribution in [2.75, 3.05) is 13.1 Å². The SMILES string of the molecule is CC1CN(C(=O)c2cc(S(N)(=O)=O)c(Br)o2)CC1C. The molecule has 2 N–H and O–H groups in total. The number of furan rings is 1. The Bertz CT molecular complexity index is 600. The maximum absolute atomic E-state index is 12.2. The Kier molecular flexibility index (Phi) is 3.76. The molecule has 2 rings (SSSR count). The second-order valence-corrected chi connectivity index (χ2v) is 7.21. The molecule has 1 aliphatic heterocycles. The lowest BCUT2D eigenvalue weighted by atomic mass is 10.0. The predicted molar refractivity (Wildman–Crippen MR) is 72.0 cm³/mol. The third-order valence-corrected chi connectivity index (χ3v) is 5.22. The molecule has 2 unspecified atom stereocenters. The smallest absolute Gasteiger partial charge is 0.289 e. The van der Waals surface area contributed by atoms with Crippen molar-refractivity contribution in [1.29, 1.82) is 0 Å². The van der Waals surface area contributed by atoms with Gasteiger partial charge in [0.05, 0.1) is 0 Å². The maximum atomic E-state index is 12.2. The van der Waals surface area contributed by atoms with Gasteiger partial charge >= 0.3 is 0 Å². The van der Waals surface area contributed by atoms with Gasteiger partial charge in [-0.05, 0) is 27.8 Å².